The number of fused-ring (bicyclic) bond motifs is 1. The molecule has 2 aliphatic rings. The molecule has 5 N–H and O–H groups in total. The first-order valence-corrected chi connectivity index (χ1v) is 16.3. The average molecular weight is 656 g/mol. The van der Waals surface area contributed by atoms with E-state index < -0.39 is 24.3 Å². The van der Waals surface area contributed by atoms with Gasteiger partial charge in [0.25, 0.3) is 0 Å². The first-order chi connectivity index (χ1) is 23.2. The fourth-order valence-electron chi connectivity index (χ4n) is 6.83. The minimum Gasteiger partial charge on any atom is -0.508 e. The van der Waals surface area contributed by atoms with Gasteiger partial charge in [-0.15, -0.1) is 10.2 Å². The van der Waals surface area contributed by atoms with Crippen LogP contribution in [-0.4, -0.2) is 117 Å². The number of aromatic hydroxyl groups is 2. The van der Waals surface area contributed by atoms with Crippen LogP contribution < -0.4 is 10.2 Å². The van der Waals surface area contributed by atoms with Crippen molar-refractivity contribution in [2.24, 2.45) is 0 Å². The molecule has 1 saturated carbocycles. The van der Waals surface area contributed by atoms with Gasteiger partial charge in [0.05, 0.1) is 12.4 Å². The lowest BCUT2D eigenvalue weighted by atomic mass is 9.91. The molecule has 5 aromatic rings. The number of phenolic OH excluding ortho intramolecular Hbond substituents is 2. The molecule has 3 aromatic heterocycles. The number of nitrogens with zero attached hydrogens (tertiary/aromatic N) is 10. The molecule has 2 fully saturated rings. The Balaban J connectivity index is 1.25. The molecule has 0 unspecified atom stereocenters. The molecule has 0 amide bonds. The van der Waals surface area contributed by atoms with Crippen LogP contribution in [0.25, 0.3) is 11.2 Å². The number of aliphatic hydroxyl groups is 2. The minimum atomic E-state index is -1.11. The van der Waals surface area contributed by atoms with E-state index in [0.29, 0.717) is 54.2 Å². The van der Waals surface area contributed by atoms with Crippen molar-refractivity contribution in [1.29, 1.82) is 0 Å². The third kappa shape index (κ3) is 6.00. The molecule has 4 heterocycles. The Morgan fingerprint density at radius 2 is 1.60 bits per heavy atom. The Kier molecular flexibility index (Phi) is 8.58. The van der Waals surface area contributed by atoms with Crippen molar-refractivity contribution < 1.29 is 20.4 Å². The molecule has 1 saturated heterocycles. The second-order valence-corrected chi connectivity index (χ2v) is 12.9. The largest absolute Gasteiger partial charge is 0.508 e. The van der Waals surface area contributed by atoms with Crippen molar-refractivity contribution in [2.75, 3.05) is 43.9 Å². The van der Waals surface area contributed by atoms with E-state index in [0.717, 1.165) is 30.6 Å². The second-order valence-electron chi connectivity index (χ2n) is 12.9. The molecular formula is C33H41N11O4. The maximum Gasteiger partial charge on any atom is 0.229 e. The molecule has 15 nitrogen and oxygen atoms in total. The van der Waals surface area contributed by atoms with Crippen molar-refractivity contribution in [3.8, 4) is 11.5 Å². The molecule has 252 valence electrons. The van der Waals surface area contributed by atoms with E-state index in [1.807, 2.05) is 35.8 Å². The van der Waals surface area contributed by atoms with Crippen LogP contribution in [0.5, 0.6) is 11.5 Å². The summed E-state index contributed by atoms with van der Waals surface area (Å²) in [6, 6.07) is 13.4. The molecule has 48 heavy (non-hydrogen) atoms. The number of aryl methyl sites for hydroxylation is 1. The zero-order chi connectivity index (χ0) is 33.5. The number of aliphatic hydroxyl groups excluding tert-OH is 2. The Morgan fingerprint density at radius 3 is 2.21 bits per heavy atom. The van der Waals surface area contributed by atoms with Crippen LogP contribution in [-0.2, 0) is 6.42 Å². The number of hydrogen-bond acceptors (Lipinski definition) is 13. The molecule has 7 rings (SSSR count). The summed E-state index contributed by atoms with van der Waals surface area (Å²) in [5, 5.41) is 58.4. The molecule has 1 aliphatic heterocycles. The first-order valence-electron chi connectivity index (χ1n) is 16.3. The summed E-state index contributed by atoms with van der Waals surface area (Å²) in [5.74, 6) is 1.87. The number of hydrogen-bond donors (Lipinski definition) is 5. The summed E-state index contributed by atoms with van der Waals surface area (Å²) < 4.78 is 1.83. The standard InChI is InChI=1S/C33H41N11O4/c1-4-27-38-40-44(39-27)26-15-25(29(47)30(26)48)43-18-35-28-31(36-33(37-32(28)43)42-14-13-21(17-42)41(2)3)34-16-24(19-5-9-22(45)10-6-19)20-7-11-23(46)12-8-20/h5-12,18,21,24-26,29-30,45-48H,4,13-17H2,1-3H3,(H,34,36,37)/t21-,25-,26+,29+,30-/m1/s1. The number of aromatic nitrogens is 8. The number of tetrazole rings is 1. The van der Waals surface area contributed by atoms with E-state index in [9.17, 15) is 20.4 Å². The summed E-state index contributed by atoms with van der Waals surface area (Å²) in [5.41, 5.74) is 3.02. The van der Waals surface area contributed by atoms with Crippen LogP contribution in [0.15, 0.2) is 54.9 Å². The Morgan fingerprint density at radius 1 is 0.938 bits per heavy atom. The number of anilines is 2. The summed E-state index contributed by atoms with van der Waals surface area (Å²) in [6.45, 7) is 3.92. The predicted octanol–water partition coefficient (Wildman–Crippen LogP) is 2.08. The van der Waals surface area contributed by atoms with Gasteiger partial charge in [-0.25, -0.2) is 4.98 Å². The van der Waals surface area contributed by atoms with Crippen LogP contribution in [0, 0.1) is 0 Å². The van der Waals surface area contributed by atoms with Crippen LogP contribution >= 0.6 is 0 Å². The van der Waals surface area contributed by atoms with Crippen LogP contribution in [0.2, 0.25) is 0 Å². The van der Waals surface area contributed by atoms with E-state index in [4.69, 9.17) is 15.0 Å². The summed E-state index contributed by atoms with van der Waals surface area (Å²) in [7, 11) is 4.15. The van der Waals surface area contributed by atoms with E-state index >= 15 is 0 Å². The minimum absolute atomic E-state index is 0.151. The number of phenols is 2. The fourth-order valence-corrected chi connectivity index (χ4v) is 6.83. The second kappa shape index (κ2) is 13.0. The lowest BCUT2D eigenvalue weighted by Gasteiger charge is -2.23. The zero-order valence-corrected chi connectivity index (χ0v) is 27.2. The van der Waals surface area contributed by atoms with Gasteiger partial charge in [-0.05, 0) is 67.5 Å². The van der Waals surface area contributed by atoms with Crippen LogP contribution in [0.4, 0.5) is 11.8 Å². The highest BCUT2D eigenvalue weighted by Crippen LogP contribution is 2.40. The normalized spacial score (nSPS) is 22.8. The highest BCUT2D eigenvalue weighted by Gasteiger charge is 2.45. The number of nitrogens with one attached hydrogen (secondary N) is 1. The van der Waals surface area contributed by atoms with E-state index in [2.05, 4.69) is 44.6 Å². The van der Waals surface area contributed by atoms with E-state index in [1.54, 1.807) is 30.6 Å². The lowest BCUT2D eigenvalue weighted by Crippen LogP contribution is -2.32. The highest BCUT2D eigenvalue weighted by atomic mass is 16.3. The Hall–Kier alpha value is -4.86. The molecule has 15 heteroatoms. The van der Waals surface area contributed by atoms with Gasteiger partial charge in [0.1, 0.15) is 29.7 Å². The van der Waals surface area contributed by atoms with Gasteiger partial charge in [0, 0.05) is 38.0 Å². The summed E-state index contributed by atoms with van der Waals surface area (Å²) >= 11 is 0. The molecule has 5 atom stereocenters. The molecule has 0 spiro atoms. The van der Waals surface area contributed by atoms with Crippen molar-refractivity contribution in [2.45, 2.75) is 62.4 Å². The molecule has 2 aromatic carbocycles. The zero-order valence-electron chi connectivity index (χ0n) is 27.2. The average Bonchev–Trinajstić information content (AvgIpc) is 3.90. The lowest BCUT2D eigenvalue weighted by molar-refractivity contribution is 0.00473. The van der Waals surface area contributed by atoms with Crippen molar-refractivity contribution >= 4 is 22.9 Å². The topological polar surface area (TPSA) is 187 Å². The quantitative estimate of drug-likeness (QED) is 0.147. The predicted molar refractivity (Wildman–Crippen MR) is 178 cm³/mol. The fraction of sp³-hybridized carbons (Fsp3) is 0.455. The number of likely N-dealkylation sites (N-methyl/N-ethyl adjacent to an activating group) is 1. The van der Waals surface area contributed by atoms with Crippen molar-refractivity contribution in [3.63, 3.8) is 0 Å². The van der Waals surface area contributed by atoms with Gasteiger partial charge in [0.2, 0.25) is 5.95 Å². The van der Waals surface area contributed by atoms with Gasteiger partial charge < -0.3 is 40.1 Å². The summed E-state index contributed by atoms with van der Waals surface area (Å²) in [4.78, 5) is 20.5. The highest BCUT2D eigenvalue weighted by molar-refractivity contribution is 5.84. The van der Waals surface area contributed by atoms with Crippen molar-refractivity contribution in [3.05, 3.63) is 71.8 Å². The smallest absolute Gasteiger partial charge is 0.229 e. The van der Waals surface area contributed by atoms with E-state index in [-0.39, 0.29) is 17.4 Å². The summed E-state index contributed by atoms with van der Waals surface area (Å²) in [6.07, 6.45) is 1.36. The van der Waals surface area contributed by atoms with Gasteiger partial charge in [0.15, 0.2) is 22.8 Å². The number of benzene rings is 2. The Labute approximate surface area is 277 Å². The van der Waals surface area contributed by atoms with Crippen LogP contribution in [0.1, 0.15) is 54.7 Å². The first kappa shape index (κ1) is 31.7. The van der Waals surface area contributed by atoms with Crippen LogP contribution in [0.3, 0.4) is 0 Å². The third-order valence-corrected chi connectivity index (χ3v) is 9.71. The molecule has 1 aliphatic carbocycles. The number of rotatable bonds is 10. The Bertz CT molecular complexity index is 1810. The maximum absolute atomic E-state index is 11.3. The van der Waals surface area contributed by atoms with Gasteiger partial charge in [-0.1, -0.05) is 31.2 Å². The van der Waals surface area contributed by atoms with Crippen molar-refractivity contribution in [1.82, 2.24) is 44.6 Å². The molecular weight excluding hydrogens is 614 g/mol. The maximum atomic E-state index is 11.3. The van der Waals surface area contributed by atoms with Gasteiger partial charge >= 0.3 is 0 Å². The van der Waals surface area contributed by atoms with E-state index in [1.165, 1.54) is 4.80 Å². The molecule has 0 radical (unpaired) electrons. The molecule has 0 bridgehead atoms. The number of imidazole rings is 1. The third-order valence-electron chi connectivity index (χ3n) is 9.71. The van der Waals surface area contributed by atoms with Gasteiger partial charge in [-0.3, -0.25) is 0 Å². The monoisotopic (exact) mass is 655 g/mol. The SMILES string of the molecule is CCc1nnn([C@H]2C[C@@H](n3cnc4c(NCC(c5ccc(O)cc5)c5ccc(O)cc5)nc(N5CC[C@@H](N(C)C)C5)nc43)[C@H](O)[C@@H]2O)n1. The van der Waals surface area contributed by atoms with Gasteiger partial charge in [-0.2, -0.15) is 14.8 Å².